The maximum absolute atomic E-state index is 12.5. The van der Waals surface area contributed by atoms with E-state index in [-0.39, 0.29) is 24.1 Å². The molecule has 0 spiro atoms. The summed E-state index contributed by atoms with van der Waals surface area (Å²) in [6, 6.07) is 13.9. The van der Waals surface area contributed by atoms with Crippen LogP contribution in [0.2, 0.25) is 0 Å². The van der Waals surface area contributed by atoms with Crippen molar-refractivity contribution in [1.82, 2.24) is 30.7 Å². The van der Waals surface area contributed by atoms with Crippen molar-refractivity contribution in [2.75, 3.05) is 0 Å². The van der Waals surface area contributed by atoms with E-state index in [1.165, 1.54) is 6.26 Å². The quantitative estimate of drug-likeness (QED) is 0.586. The van der Waals surface area contributed by atoms with Gasteiger partial charge in [0, 0.05) is 10.9 Å². The summed E-state index contributed by atoms with van der Waals surface area (Å²) >= 11 is 0. The van der Waals surface area contributed by atoms with Crippen LogP contribution in [0.1, 0.15) is 41.6 Å². The first-order chi connectivity index (χ1) is 13.1. The molecule has 1 N–H and O–H groups in total. The largest absolute Gasteiger partial charge is 0.364 e. The van der Waals surface area contributed by atoms with Gasteiger partial charge >= 0.3 is 0 Å². The van der Waals surface area contributed by atoms with Gasteiger partial charge in [0.05, 0.1) is 12.2 Å². The molecule has 0 saturated heterocycles. The van der Waals surface area contributed by atoms with Gasteiger partial charge in [0.15, 0.2) is 11.5 Å². The number of hydrogen-bond donors (Lipinski definition) is 1. The van der Waals surface area contributed by atoms with Crippen molar-refractivity contribution in [2.45, 2.75) is 26.3 Å². The summed E-state index contributed by atoms with van der Waals surface area (Å²) < 4.78 is 6.58. The summed E-state index contributed by atoms with van der Waals surface area (Å²) in [5, 5.41) is 20.7. The number of carbonyl (C=O) groups is 1. The third-order valence-electron chi connectivity index (χ3n) is 4.37. The Morgan fingerprint density at radius 2 is 2.00 bits per heavy atom. The first kappa shape index (κ1) is 16.9. The number of benzene rings is 2. The lowest BCUT2D eigenvalue weighted by Crippen LogP contribution is -2.26. The van der Waals surface area contributed by atoms with Gasteiger partial charge in [0.25, 0.3) is 5.91 Å². The van der Waals surface area contributed by atoms with Crippen molar-refractivity contribution in [3.05, 3.63) is 65.8 Å². The summed E-state index contributed by atoms with van der Waals surface area (Å²) in [6.45, 7) is 4.12. The first-order valence-corrected chi connectivity index (χ1v) is 8.63. The monoisotopic (exact) mass is 362 g/mol. The molecular weight excluding hydrogens is 344 g/mol. The molecule has 0 bridgehead atoms. The fourth-order valence-electron chi connectivity index (χ4n) is 2.97. The Morgan fingerprint density at radius 3 is 2.85 bits per heavy atom. The second-order valence-corrected chi connectivity index (χ2v) is 6.46. The van der Waals surface area contributed by atoms with Gasteiger partial charge in [-0.1, -0.05) is 55.4 Å². The van der Waals surface area contributed by atoms with E-state index in [4.69, 9.17) is 4.52 Å². The van der Waals surface area contributed by atoms with Crippen LogP contribution in [0.25, 0.3) is 16.5 Å². The number of fused-ring (bicyclic) bond motifs is 1. The van der Waals surface area contributed by atoms with Gasteiger partial charge in [0.1, 0.15) is 6.26 Å². The lowest BCUT2D eigenvalue weighted by atomic mass is 10.0. The summed E-state index contributed by atoms with van der Waals surface area (Å²) in [6.07, 6.45) is 1.50. The van der Waals surface area contributed by atoms with Crippen molar-refractivity contribution in [1.29, 1.82) is 0 Å². The molecule has 2 aromatic carbocycles. The van der Waals surface area contributed by atoms with E-state index in [9.17, 15) is 4.79 Å². The zero-order valence-corrected chi connectivity index (χ0v) is 15.0. The molecule has 27 heavy (non-hydrogen) atoms. The minimum atomic E-state index is -0.320. The standard InChI is InChI=1S/C19H18N6O2/c1-12(2)15-11-27-22-18(15)19(26)20-10-17-21-23-24-25(17)16-9-5-7-13-6-3-4-8-14(13)16/h3-9,11-12H,10H2,1-2H3,(H,20,26). The Morgan fingerprint density at radius 1 is 1.19 bits per heavy atom. The summed E-state index contributed by atoms with van der Waals surface area (Å²) in [5.74, 6) is 0.340. The average molecular weight is 362 g/mol. The molecule has 8 heteroatoms. The average Bonchev–Trinajstić information content (AvgIpc) is 3.35. The number of carbonyl (C=O) groups excluding carboxylic acids is 1. The molecule has 4 rings (SSSR count). The van der Waals surface area contributed by atoms with E-state index in [1.807, 2.05) is 56.3 Å². The topological polar surface area (TPSA) is 98.7 Å². The number of hydrogen-bond acceptors (Lipinski definition) is 6. The molecule has 0 saturated carbocycles. The van der Waals surface area contributed by atoms with E-state index >= 15 is 0 Å². The van der Waals surface area contributed by atoms with Crippen LogP contribution in [-0.4, -0.2) is 31.3 Å². The minimum absolute atomic E-state index is 0.137. The zero-order chi connectivity index (χ0) is 18.8. The van der Waals surface area contributed by atoms with Gasteiger partial charge in [0.2, 0.25) is 0 Å². The summed E-state index contributed by atoms with van der Waals surface area (Å²) in [4.78, 5) is 12.5. The van der Waals surface area contributed by atoms with E-state index in [2.05, 4.69) is 26.0 Å². The van der Waals surface area contributed by atoms with Crippen LogP contribution in [-0.2, 0) is 6.54 Å². The fourth-order valence-corrected chi connectivity index (χ4v) is 2.97. The molecule has 0 aliphatic heterocycles. The van der Waals surface area contributed by atoms with Gasteiger partial charge in [-0.2, -0.15) is 4.68 Å². The predicted molar refractivity (Wildman–Crippen MR) is 98.4 cm³/mol. The molecule has 2 aromatic heterocycles. The van der Waals surface area contributed by atoms with Gasteiger partial charge in [-0.05, 0) is 27.8 Å². The number of aromatic nitrogens is 5. The van der Waals surface area contributed by atoms with Crippen molar-refractivity contribution in [3.63, 3.8) is 0 Å². The van der Waals surface area contributed by atoms with Crippen LogP contribution in [0, 0.1) is 0 Å². The van der Waals surface area contributed by atoms with E-state index in [0.29, 0.717) is 5.82 Å². The van der Waals surface area contributed by atoms with Crippen LogP contribution in [0.3, 0.4) is 0 Å². The first-order valence-electron chi connectivity index (χ1n) is 8.63. The Kier molecular flexibility index (Phi) is 4.37. The normalized spacial score (nSPS) is 11.2. The second kappa shape index (κ2) is 6.99. The summed E-state index contributed by atoms with van der Waals surface area (Å²) in [5.41, 5.74) is 1.90. The third-order valence-corrected chi connectivity index (χ3v) is 4.37. The predicted octanol–water partition coefficient (Wildman–Crippen LogP) is 2.86. The van der Waals surface area contributed by atoms with Crippen LogP contribution in [0.4, 0.5) is 0 Å². The minimum Gasteiger partial charge on any atom is -0.364 e. The Balaban J connectivity index is 1.59. The van der Waals surface area contributed by atoms with Gasteiger partial charge in [-0.3, -0.25) is 4.79 Å². The number of amides is 1. The molecule has 0 fully saturated rings. The molecule has 0 unspecified atom stereocenters. The zero-order valence-electron chi connectivity index (χ0n) is 15.0. The fraction of sp³-hybridized carbons (Fsp3) is 0.211. The van der Waals surface area contributed by atoms with Crippen molar-refractivity contribution < 1.29 is 9.32 Å². The maximum atomic E-state index is 12.5. The van der Waals surface area contributed by atoms with Gasteiger partial charge < -0.3 is 9.84 Å². The second-order valence-electron chi connectivity index (χ2n) is 6.46. The highest BCUT2D eigenvalue weighted by molar-refractivity contribution is 5.93. The molecule has 4 aromatic rings. The third kappa shape index (κ3) is 3.17. The SMILES string of the molecule is CC(C)c1conc1C(=O)NCc1nnnn1-c1cccc2ccccc12. The number of tetrazole rings is 1. The smallest absolute Gasteiger partial charge is 0.274 e. The highest BCUT2D eigenvalue weighted by Crippen LogP contribution is 2.22. The highest BCUT2D eigenvalue weighted by Gasteiger charge is 2.19. The lowest BCUT2D eigenvalue weighted by molar-refractivity contribution is 0.0939. The maximum Gasteiger partial charge on any atom is 0.274 e. The number of rotatable bonds is 5. The molecule has 1 amide bonds. The van der Waals surface area contributed by atoms with E-state index < -0.39 is 0 Å². The summed E-state index contributed by atoms with van der Waals surface area (Å²) in [7, 11) is 0. The van der Waals surface area contributed by atoms with Crippen molar-refractivity contribution >= 4 is 16.7 Å². The van der Waals surface area contributed by atoms with Crippen LogP contribution >= 0.6 is 0 Å². The Labute approximate surface area is 155 Å². The van der Waals surface area contributed by atoms with Crippen LogP contribution < -0.4 is 5.32 Å². The molecule has 8 nitrogen and oxygen atoms in total. The van der Waals surface area contributed by atoms with Crippen LogP contribution in [0.15, 0.2) is 53.3 Å². The number of nitrogens with one attached hydrogen (secondary N) is 1. The van der Waals surface area contributed by atoms with Crippen molar-refractivity contribution in [3.8, 4) is 5.69 Å². The van der Waals surface area contributed by atoms with E-state index in [1.54, 1.807) is 4.68 Å². The molecule has 0 aliphatic carbocycles. The van der Waals surface area contributed by atoms with Gasteiger partial charge in [-0.15, -0.1) is 5.10 Å². The lowest BCUT2D eigenvalue weighted by Gasteiger charge is -2.09. The van der Waals surface area contributed by atoms with Crippen LogP contribution in [0.5, 0.6) is 0 Å². The molecule has 0 atom stereocenters. The van der Waals surface area contributed by atoms with Gasteiger partial charge in [-0.25, -0.2) is 0 Å². The molecule has 0 radical (unpaired) electrons. The van der Waals surface area contributed by atoms with E-state index in [0.717, 1.165) is 22.0 Å². The van der Waals surface area contributed by atoms with Crippen molar-refractivity contribution in [2.24, 2.45) is 0 Å². The molecular formula is C19H18N6O2. The Hall–Kier alpha value is -3.55. The number of nitrogens with zero attached hydrogens (tertiary/aromatic N) is 5. The molecule has 136 valence electrons. The Bertz CT molecular complexity index is 1090. The highest BCUT2D eigenvalue weighted by atomic mass is 16.5. The molecule has 0 aliphatic rings. The molecule has 2 heterocycles.